The van der Waals surface area contributed by atoms with Crippen LogP contribution in [0, 0.1) is 12.8 Å². The first-order valence-corrected chi connectivity index (χ1v) is 7.22. The fraction of sp³-hybridized carbons (Fsp3) is 0.571. The zero-order valence-electron chi connectivity index (χ0n) is 10.1. The first-order valence-electron chi connectivity index (χ1n) is 6.08. The van der Waals surface area contributed by atoms with Crippen molar-refractivity contribution < 1.29 is 0 Å². The smallest absolute Gasteiger partial charge is 0.0834 e. The van der Waals surface area contributed by atoms with Gasteiger partial charge in [-0.2, -0.15) is 0 Å². The Labute approximate surface area is 119 Å². The third-order valence-electron chi connectivity index (χ3n) is 3.01. The molecule has 96 valence electrons. The quantitative estimate of drug-likeness (QED) is 0.520. The summed E-state index contributed by atoms with van der Waals surface area (Å²) in [5, 5.41) is 0. The van der Waals surface area contributed by atoms with E-state index >= 15 is 0 Å². The van der Waals surface area contributed by atoms with Crippen LogP contribution in [0.4, 0.5) is 0 Å². The van der Waals surface area contributed by atoms with Crippen molar-refractivity contribution in [2.24, 2.45) is 5.92 Å². The number of aryl methyl sites for hydroxylation is 1. The lowest BCUT2D eigenvalue weighted by molar-refractivity contribution is 0.363. The molecule has 0 N–H and O–H groups in total. The van der Waals surface area contributed by atoms with Crippen molar-refractivity contribution in [1.29, 1.82) is 0 Å². The molecule has 0 unspecified atom stereocenters. The fourth-order valence-corrected chi connectivity index (χ4v) is 2.62. The molecule has 3 heteroatoms. The fourth-order valence-electron chi connectivity index (χ4n) is 1.96. The molecule has 1 aliphatic carbocycles. The molecule has 2 rings (SSSR count). The monoisotopic (exact) mass is 292 g/mol. The van der Waals surface area contributed by atoms with Crippen LogP contribution in [0.25, 0.3) is 0 Å². The largest absolute Gasteiger partial charge is 0.193 e. The summed E-state index contributed by atoms with van der Waals surface area (Å²) in [6, 6.07) is 10.3. The lowest BCUT2D eigenvalue weighted by Crippen LogP contribution is -2.21. The van der Waals surface area contributed by atoms with Gasteiger partial charge in [0.1, 0.15) is 0 Å². The van der Waals surface area contributed by atoms with E-state index in [9.17, 15) is 0 Å². The molecule has 0 nitrogen and oxygen atoms in total. The van der Waals surface area contributed by atoms with Crippen LogP contribution in [0.3, 0.4) is 0 Å². The molecule has 1 aromatic carbocycles. The summed E-state index contributed by atoms with van der Waals surface area (Å²) in [7, 11) is 0. The Hall–Kier alpha value is 0.0900. The van der Waals surface area contributed by atoms with E-state index in [1.807, 2.05) is 18.2 Å². The van der Waals surface area contributed by atoms with Gasteiger partial charge < -0.3 is 0 Å². The topological polar surface area (TPSA) is 0 Å². The molecule has 0 heterocycles. The van der Waals surface area contributed by atoms with Gasteiger partial charge in [-0.05, 0) is 19.8 Å². The minimum atomic E-state index is -1.01. The van der Waals surface area contributed by atoms with Crippen LogP contribution in [0.5, 0.6) is 0 Å². The van der Waals surface area contributed by atoms with Crippen molar-refractivity contribution in [3.63, 3.8) is 0 Å². The maximum atomic E-state index is 5.74. The predicted octanol–water partition coefficient (Wildman–Crippen LogP) is 5.93. The van der Waals surface area contributed by atoms with E-state index in [-0.39, 0.29) is 0 Å². The number of halogens is 3. The van der Waals surface area contributed by atoms with Gasteiger partial charge in [0.2, 0.25) is 0 Å². The molecular formula is C14H19Cl3. The molecule has 0 atom stereocenters. The van der Waals surface area contributed by atoms with Crippen molar-refractivity contribution in [2.75, 3.05) is 0 Å². The average molecular weight is 294 g/mol. The van der Waals surface area contributed by atoms with Crippen LogP contribution in [0.15, 0.2) is 30.3 Å². The lowest BCUT2D eigenvalue weighted by atomic mass is 9.90. The molecular weight excluding hydrogens is 275 g/mol. The second kappa shape index (κ2) is 7.51. The molecule has 1 aliphatic rings. The molecule has 0 amide bonds. The van der Waals surface area contributed by atoms with E-state index in [4.69, 9.17) is 34.8 Å². The standard InChI is InChI=1S/C7H11Cl3.C7H8/c8-7(9,10)6-4-2-1-3-5-6;1-7-5-3-2-4-6-7/h6H,1-5H2;2-6H,1H3. The summed E-state index contributed by atoms with van der Waals surface area (Å²) in [6.45, 7) is 2.08. The average Bonchev–Trinajstić information content (AvgIpc) is 2.31. The van der Waals surface area contributed by atoms with Gasteiger partial charge >= 0.3 is 0 Å². The number of rotatable bonds is 0. The minimum absolute atomic E-state index is 0.297. The lowest BCUT2D eigenvalue weighted by Gasteiger charge is -2.27. The summed E-state index contributed by atoms with van der Waals surface area (Å²) < 4.78 is -1.01. The first-order chi connectivity index (χ1) is 8.00. The van der Waals surface area contributed by atoms with Crippen molar-refractivity contribution in [2.45, 2.75) is 42.8 Å². The highest BCUT2D eigenvalue weighted by Crippen LogP contribution is 2.42. The predicted molar refractivity (Wildman–Crippen MR) is 78.0 cm³/mol. The Morgan fingerprint density at radius 3 is 1.76 bits per heavy atom. The van der Waals surface area contributed by atoms with Crippen LogP contribution in [-0.4, -0.2) is 3.79 Å². The molecule has 0 saturated heterocycles. The molecule has 0 bridgehead atoms. The maximum Gasteiger partial charge on any atom is 0.193 e. The molecule has 1 fully saturated rings. The molecule has 0 spiro atoms. The second-order valence-corrected chi connectivity index (χ2v) is 6.90. The van der Waals surface area contributed by atoms with E-state index in [1.54, 1.807) is 0 Å². The Morgan fingerprint density at radius 2 is 1.47 bits per heavy atom. The maximum absolute atomic E-state index is 5.74. The molecule has 0 aromatic heterocycles. The molecule has 1 saturated carbocycles. The zero-order valence-corrected chi connectivity index (χ0v) is 12.4. The second-order valence-electron chi connectivity index (χ2n) is 4.53. The first kappa shape index (κ1) is 15.1. The van der Waals surface area contributed by atoms with Crippen LogP contribution in [0.2, 0.25) is 0 Å². The Balaban J connectivity index is 0.000000181. The van der Waals surface area contributed by atoms with Gasteiger partial charge in [-0.15, -0.1) is 0 Å². The highest BCUT2D eigenvalue weighted by atomic mass is 35.6. The van der Waals surface area contributed by atoms with Crippen LogP contribution in [-0.2, 0) is 0 Å². The van der Waals surface area contributed by atoms with Crippen LogP contribution in [0.1, 0.15) is 37.7 Å². The van der Waals surface area contributed by atoms with Crippen molar-refractivity contribution in [3.8, 4) is 0 Å². The summed E-state index contributed by atoms with van der Waals surface area (Å²) in [4.78, 5) is 0. The van der Waals surface area contributed by atoms with E-state index in [1.165, 1.54) is 24.8 Å². The van der Waals surface area contributed by atoms with Crippen LogP contribution >= 0.6 is 34.8 Å². The summed E-state index contributed by atoms with van der Waals surface area (Å²) in [5.41, 5.74) is 1.32. The Bertz CT molecular complexity index is 297. The Kier molecular flexibility index (Phi) is 6.69. The SMILES string of the molecule is Cc1ccccc1.ClC(Cl)(Cl)C1CCCCC1. The summed E-state index contributed by atoms with van der Waals surface area (Å²) in [5.74, 6) is 0.297. The third kappa shape index (κ3) is 6.55. The third-order valence-corrected chi connectivity index (χ3v) is 3.93. The van der Waals surface area contributed by atoms with Crippen molar-refractivity contribution in [1.82, 2.24) is 0 Å². The van der Waals surface area contributed by atoms with E-state index in [2.05, 4.69) is 19.1 Å². The van der Waals surface area contributed by atoms with Crippen molar-refractivity contribution >= 4 is 34.8 Å². The van der Waals surface area contributed by atoms with Crippen molar-refractivity contribution in [3.05, 3.63) is 35.9 Å². The number of benzene rings is 1. The normalized spacial score (nSPS) is 17.2. The molecule has 1 aromatic rings. The molecule has 0 aliphatic heterocycles. The van der Waals surface area contributed by atoms with E-state index < -0.39 is 3.79 Å². The number of hydrogen-bond donors (Lipinski definition) is 0. The summed E-state index contributed by atoms with van der Waals surface area (Å²) in [6.07, 6.45) is 5.90. The highest BCUT2D eigenvalue weighted by Gasteiger charge is 2.32. The number of alkyl halides is 3. The molecule has 17 heavy (non-hydrogen) atoms. The Morgan fingerprint density at radius 1 is 0.941 bits per heavy atom. The van der Waals surface area contributed by atoms with Gasteiger partial charge in [0.25, 0.3) is 0 Å². The van der Waals surface area contributed by atoms with Crippen LogP contribution < -0.4 is 0 Å². The van der Waals surface area contributed by atoms with Gasteiger partial charge in [-0.3, -0.25) is 0 Å². The van der Waals surface area contributed by atoms with Gasteiger partial charge in [-0.1, -0.05) is 90.0 Å². The number of hydrogen-bond acceptors (Lipinski definition) is 0. The minimum Gasteiger partial charge on any atom is -0.0834 e. The zero-order chi connectivity index (χ0) is 12.7. The van der Waals surface area contributed by atoms with Gasteiger partial charge in [0.05, 0.1) is 0 Å². The van der Waals surface area contributed by atoms with Gasteiger partial charge in [0, 0.05) is 5.92 Å². The van der Waals surface area contributed by atoms with E-state index in [0.29, 0.717) is 5.92 Å². The van der Waals surface area contributed by atoms with Gasteiger partial charge in [0.15, 0.2) is 3.79 Å². The highest BCUT2D eigenvalue weighted by molar-refractivity contribution is 6.67. The van der Waals surface area contributed by atoms with E-state index in [0.717, 1.165) is 12.8 Å². The summed E-state index contributed by atoms with van der Waals surface area (Å²) >= 11 is 17.2. The van der Waals surface area contributed by atoms with Gasteiger partial charge in [-0.25, -0.2) is 0 Å². The molecule has 0 radical (unpaired) electrons.